The molecule has 96 valence electrons. The third kappa shape index (κ3) is 2.41. The molecule has 0 amide bonds. The molecule has 18 heavy (non-hydrogen) atoms. The van der Waals surface area contributed by atoms with Gasteiger partial charge in [-0.2, -0.15) is 5.10 Å². The van der Waals surface area contributed by atoms with E-state index >= 15 is 0 Å². The van der Waals surface area contributed by atoms with Crippen molar-refractivity contribution < 1.29 is 0 Å². The summed E-state index contributed by atoms with van der Waals surface area (Å²) >= 11 is 0. The van der Waals surface area contributed by atoms with E-state index in [2.05, 4.69) is 22.0 Å². The standard InChI is InChI=1S/C13H19N5/c1-4-12(14)13(11-5-7-15-8-6-11)18-10(3)16-9(2)17-18/h5-8,12-13H,4,14H2,1-3H3. The van der Waals surface area contributed by atoms with Crippen molar-refractivity contribution in [3.05, 3.63) is 41.7 Å². The summed E-state index contributed by atoms with van der Waals surface area (Å²) in [4.78, 5) is 8.40. The van der Waals surface area contributed by atoms with Gasteiger partial charge < -0.3 is 5.73 Å². The molecule has 0 saturated heterocycles. The lowest BCUT2D eigenvalue weighted by Crippen LogP contribution is -2.33. The number of nitrogens with zero attached hydrogens (tertiary/aromatic N) is 4. The average molecular weight is 245 g/mol. The number of aryl methyl sites for hydroxylation is 2. The third-order valence-corrected chi connectivity index (χ3v) is 3.10. The van der Waals surface area contributed by atoms with Gasteiger partial charge in [0.15, 0.2) is 0 Å². The third-order valence-electron chi connectivity index (χ3n) is 3.10. The first kappa shape index (κ1) is 12.7. The molecule has 0 aromatic carbocycles. The van der Waals surface area contributed by atoms with Crippen LogP contribution in [0.25, 0.3) is 0 Å². The number of hydrogen-bond donors (Lipinski definition) is 1. The number of nitrogens with two attached hydrogens (primary N) is 1. The Bertz CT molecular complexity index is 505. The minimum Gasteiger partial charge on any atom is -0.326 e. The van der Waals surface area contributed by atoms with Crippen molar-refractivity contribution in [3.8, 4) is 0 Å². The Morgan fingerprint density at radius 1 is 1.28 bits per heavy atom. The van der Waals surface area contributed by atoms with Crippen molar-refractivity contribution in [2.45, 2.75) is 39.3 Å². The summed E-state index contributed by atoms with van der Waals surface area (Å²) in [5, 5.41) is 4.46. The summed E-state index contributed by atoms with van der Waals surface area (Å²) in [6, 6.07) is 3.99. The van der Waals surface area contributed by atoms with Crippen molar-refractivity contribution in [2.24, 2.45) is 5.73 Å². The zero-order chi connectivity index (χ0) is 13.1. The van der Waals surface area contributed by atoms with Gasteiger partial charge in [0.25, 0.3) is 0 Å². The molecule has 2 aromatic heterocycles. The summed E-state index contributed by atoms with van der Waals surface area (Å²) in [5.41, 5.74) is 7.37. The topological polar surface area (TPSA) is 69.6 Å². The van der Waals surface area contributed by atoms with Crippen molar-refractivity contribution in [1.29, 1.82) is 0 Å². The molecule has 0 aliphatic heterocycles. The molecule has 2 heterocycles. The average Bonchev–Trinajstić information content (AvgIpc) is 2.70. The highest BCUT2D eigenvalue weighted by atomic mass is 15.4. The molecule has 2 atom stereocenters. The SMILES string of the molecule is CCC(N)C(c1ccncc1)n1nc(C)nc1C. The van der Waals surface area contributed by atoms with E-state index in [4.69, 9.17) is 5.73 Å². The van der Waals surface area contributed by atoms with Crippen molar-refractivity contribution in [2.75, 3.05) is 0 Å². The zero-order valence-corrected chi connectivity index (χ0v) is 11.0. The highest BCUT2D eigenvalue weighted by Crippen LogP contribution is 2.22. The van der Waals surface area contributed by atoms with Gasteiger partial charge in [-0.05, 0) is 38.0 Å². The lowest BCUT2D eigenvalue weighted by molar-refractivity contribution is 0.414. The van der Waals surface area contributed by atoms with E-state index in [1.54, 1.807) is 12.4 Å². The summed E-state index contributed by atoms with van der Waals surface area (Å²) in [7, 11) is 0. The number of pyridine rings is 1. The maximum absolute atomic E-state index is 6.25. The van der Waals surface area contributed by atoms with Gasteiger partial charge in [0, 0.05) is 18.4 Å². The van der Waals surface area contributed by atoms with E-state index in [0.717, 1.165) is 23.6 Å². The lowest BCUT2D eigenvalue weighted by Gasteiger charge is -2.24. The van der Waals surface area contributed by atoms with Crippen molar-refractivity contribution in [3.63, 3.8) is 0 Å². The molecule has 0 aliphatic rings. The fourth-order valence-corrected chi connectivity index (χ4v) is 2.15. The first-order valence-electron chi connectivity index (χ1n) is 6.18. The molecule has 2 rings (SSSR count). The predicted molar refractivity (Wildman–Crippen MR) is 70.1 cm³/mol. The minimum atomic E-state index is 0.00667. The van der Waals surface area contributed by atoms with Crippen LogP contribution in [-0.4, -0.2) is 25.8 Å². The van der Waals surface area contributed by atoms with Crippen LogP contribution < -0.4 is 5.73 Å². The number of rotatable bonds is 4. The second-order valence-electron chi connectivity index (χ2n) is 4.45. The van der Waals surface area contributed by atoms with Crippen LogP contribution in [0.3, 0.4) is 0 Å². The normalized spacial score (nSPS) is 14.4. The van der Waals surface area contributed by atoms with Gasteiger partial charge in [-0.15, -0.1) is 0 Å². The van der Waals surface area contributed by atoms with E-state index < -0.39 is 0 Å². The van der Waals surface area contributed by atoms with Crippen LogP contribution in [0.15, 0.2) is 24.5 Å². The van der Waals surface area contributed by atoms with Crippen LogP contribution in [-0.2, 0) is 0 Å². The Morgan fingerprint density at radius 2 is 1.94 bits per heavy atom. The van der Waals surface area contributed by atoms with E-state index in [1.807, 2.05) is 30.7 Å². The fraction of sp³-hybridized carbons (Fsp3) is 0.462. The number of hydrogen-bond acceptors (Lipinski definition) is 4. The second-order valence-corrected chi connectivity index (χ2v) is 4.45. The maximum Gasteiger partial charge on any atom is 0.147 e. The van der Waals surface area contributed by atoms with Crippen LogP contribution in [0.5, 0.6) is 0 Å². The van der Waals surface area contributed by atoms with Gasteiger partial charge in [-0.1, -0.05) is 6.92 Å². The molecule has 0 bridgehead atoms. The largest absolute Gasteiger partial charge is 0.326 e. The Labute approximate surface area is 107 Å². The second kappa shape index (κ2) is 5.27. The smallest absolute Gasteiger partial charge is 0.147 e. The summed E-state index contributed by atoms with van der Waals surface area (Å²) in [5.74, 6) is 1.66. The Morgan fingerprint density at radius 3 is 2.44 bits per heavy atom. The lowest BCUT2D eigenvalue weighted by atomic mass is 9.99. The Kier molecular flexibility index (Phi) is 3.72. The van der Waals surface area contributed by atoms with Gasteiger partial charge in [0.2, 0.25) is 0 Å². The van der Waals surface area contributed by atoms with Crippen LogP contribution >= 0.6 is 0 Å². The van der Waals surface area contributed by atoms with Gasteiger partial charge in [-0.25, -0.2) is 9.67 Å². The van der Waals surface area contributed by atoms with Gasteiger partial charge in [0.05, 0.1) is 6.04 Å². The highest BCUT2D eigenvalue weighted by Gasteiger charge is 2.23. The Balaban J connectivity index is 2.47. The van der Waals surface area contributed by atoms with Crippen LogP contribution in [0, 0.1) is 13.8 Å². The van der Waals surface area contributed by atoms with Crippen LogP contribution in [0.4, 0.5) is 0 Å². The minimum absolute atomic E-state index is 0.00667. The maximum atomic E-state index is 6.25. The van der Waals surface area contributed by atoms with Gasteiger partial charge >= 0.3 is 0 Å². The summed E-state index contributed by atoms with van der Waals surface area (Å²) in [6.45, 7) is 5.93. The predicted octanol–water partition coefficient (Wildman–Crippen LogP) is 1.62. The molecule has 0 saturated carbocycles. The molecule has 2 unspecified atom stereocenters. The molecular formula is C13H19N5. The zero-order valence-electron chi connectivity index (χ0n) is 11.0. The van der Waals surface area contributed by atoms with E-state index in [1.165, 1.54) is 0 Å². The van der Waals surface area contributed by atoms with E-state index in [0.29, 0.717) is 0 Å². The van der Waals surface area contributed by atoms with Crippen LogP contribution in [0.2, 0.25) is 0 Å². The van der Waals surface area contributed by atoms with Gasteiger partial charge in [-0.3, -0.25) is 4.98 Å². The molecule has 5 nitrogen and oxygen atoms in total. The van der Waals surface area contributed by atoms with E-state index in [-0.39, 0.29) is 12.1 Å². The van der Waals surface area contributed by atoms with Gasteiger partial charge in [0.1, 0.15) is 11.6 Å². The molecule has 5 heteroatoms. The monoisotopic (exact) mass is 245 g/mol. The summed E-state index contributed by atoms with van der Waals surface area (Å²) in [6.07, 6.45) is 4.44. The van der Waals surface area contributed by atoms with Crippen LogP contribution in [0.1, 0.15) is 36.6 Å². The first-order chi connectivity index (χ1) is 8.63. The number of aromatic nitrogens is 4. The molecule has 0 aliphatic carbocycles. The molecule has 0 spiro atoms. The summed E-state index contributed by atoms with van der Waals surface area (Å²) < 4.78 is 1.92. The molecular weight excluding hydrogens is 226 g/mol. The van der Waals surface area contributed by atoms with Crippen molar-refractivity contribution in [1.82, 2.24) is 19.7 Å². The molecule has 0 fully saturated rings. The highest BCUT2D eigenvalue weighted by molar-refractivity contribution is 5.19. The fourth-order valence-electron chi connectivity index (χ4n) is 2.15. The molecule has 2 N–H and O–H groups in total. The quantitative estimate of drug-likeness (QED) is 0.888. The van der Waals surface area contributed by atoms with E-state index in [9.17, 15) is 0 Å². The van der Waals surface area contributed by atoms with Crippen molar-refractivity contribution >= 4 is 0 Å². The molecule has 2 aromatic rings. The molecule has 0 radical (unpaired) electrons. The first-order valence-corrected chi connectivity index (χ1v) is 6.18. The Hall–Kier alpha value is -1.75.